The van der Waals surface area contributed by atoms with E-state index in [9.17, 15) is 13.2 Å². The van der Waals surface area contributed by atoms with Crippen molar-refractivity contribution in [3.63, 3.8) is 0 Å². The van der Waals surface area contributed by atoms with Crippen molar-refractivity contribution >= 4 is 27.6 Å². The molecule has 0 unspecified atom stereocenters. The fraction of sp³-hybridized carbons (Fsp3) is 0.350. The minimum Gasteiger partial charge on any atom is -0.465 e. The van der Waals surface area contributed by atoms with Gasteiger partial charge in [-0.25, -0.2) is 13.2 Å². The van der Waals surface area contributed by atoms with Crippen LogP contribution in [0.4, 0.5) is 0 Å². The molecule has 0 aliphatic carbocycles. The molecule has 2 rings (SSSR count). The molecule has 0 heterocycles. The largest absolute Gasteiger partial charge is 0.465 e. The van der Waals surface area contributed by atoms with E-state index in [1.807, 2.05) is 13.8 Å². The standard InChI is InChI=1S/C20H24ClNO4S/c1-4-18(5-2)22(27(24,25)19-12-10-17(21)11-13-19)14-15-6-8-16(9-7-15)20(23)26-3/h6-13,18H,4-5,14H2,1-3H3. The Kier molecular flexibility index (Phi) is 7.41. The lowest BCUT2D eigenvalue weighted by atomic mass is 10.1. The normalized spacial score (nSPS) is 11.8. The highest BCUT2D eigenvalue weighted by molar-refractivity contribution is 7.89. The van der Waals surface area contributed by atoms with Gasteiger partial charge in [0.05, 0.1) is 17.6 Å². The Morgan fingerprint density at radius 1 is 1.04 bits per heavy atom. The van der Waals surface area contributed by atoms with E-state index in [2.05, 4.69) is 0 Å². The summed E-state index contributed by atoms with van der Waals surface area (Å²) in [6, 6.07) is 12.8. The van der Waals surface area contributed by atoms with Crippen molar-refractivity contribution in [1.29, 1.82) is 0 Å². The minimum atomic E-state index is -3.69. The summed E-state index contributed by atoms with van der Waals surface area (Å²) in [4.78, 5) is 11.8. The molecule has 0 fully saturated rings. The van der Waals surface area contributed by atoms with E-state index in [0.29, 0.717) is 23.4 Å². The van der Waals surface area contributed by atoms with E-state index in [0.717, 1.165) is 5.56 Å². The van der Waals surface area contributed by atoms with Crippen LogP contribution in [0.2, 0.25) is 5.02 Å². The number of hydrogen-bond donors (Lipinski definition) is 0. The van der Waals surface area contributed by atoms with Crippen LogP contribution in [-0.2, 0) is 21.3 Å². The van der Waals surface area contributed by atoms with Crippen molar-refractivity contribution in [3.05, 3.63) is 64.7 Å². The van der Waals surface area contributed by atoms with Crippen LogP contribution >= 0.6 is 11.6 Å². The van der Waals surface area contributed by atoms with E-state index in [1.165, 1.54) is 23.5 Å². The number of benzene rings is 2. The number of halogens is 1. The molecule has 27 heavy (non-hydrogen) atoms. The van der Waals surface area contributed by atoms with Gasteiger partial charge in [-0.15, -0.1) is 0 Å². The molecule has 5 nitrogen and oxygen atoms in total. The average molecular weight is 410 g/mol. The second kappa shape index (κ2) is 9.35. The highest BCUT2D eigenvalue weighted by Gasteiger charge is 2.30. The Bertz CT molecular complexity index is 860. The first-order valence-electron chi connectivity index (χ1n) is 8.78. The second-order valence-corrected chi connectivity index (χ2v) is 8.49. The van der Waals surface area contributed by atoms with E-state index in [-0.39, 0.29) is 17.5 Å². The van der Waals surface area contributed by atoms with E-state index >= 15 is 0 Å². The molecule has 0 saturated carbocycles. The monoisotopic (exact) mass is 409 g/mol. The van der Waals surface area contributed by atoms with Crippen molar-refractivity contribution in [1.82, 2.24) is 4.31 Å². The Morgan fingerprint density at radius 3 is 2.07 bits per heavy atom. The quantitative estimate of drug-likeness (QED) is 0.602. The lowest BCUT2D eigenvalue weighted by Crippen LogP contribution is -2.39. The summed E-state index contributed by atoms with van der Waals surface area (Å²) in [7, 11) is -2.36. The van der Waals surface area contributed by atoms with Crippen LogP contribution in [0.1, 0.15) is 42.6 Å². The second-order valence-electron chi connectivity index (χ2n) is 6.16. The SMILES string of the molecule is CCC(CC)N(Cc1ccc(C(=O)OC)cc1)S(=O)(=O)c1ccc(Cl)cc1. The Balaban J connectivity index is 2.37. The first-order valence-corrected chi connectivity index (χ1v) is 10.6. The summed E-state index contributed by atoms with van der Waals surface area (Å²) < 4.78 is 32.7. The molecule has 0 N–H and O–H groups in total. The molecule has 0 aliphatic heterocycles. The lowest BCUT2D eigenvalue weighted by molar-refractivity contribution is 0.0600. The van der Waals surface area contributed by atoms with Crippen LogP contribution in [0, 0.1) is 0 Å². The number of hydrogen-bond acceptors (Lipinski definition) is 4. The molecule has 0 bridgehead atoms. The zero-order chi connectivity index (χ0) is 20.0. The molecule has 2 aromatic rings. The Morgan fingerprint density at radius 2 is 1.59 bits per heavy atom. The van der Waals surface area contributed by atoms with Gasteiger partial charge in [-0.05, 0) is 54.8 Å². The Hall–Kier alpha value is -1.89. The van der Waals surface area contributed by atoms with Gasteiger partial charge in [0.1, 0.15) is 0 Å². The zero-order valence-corrected chi connectivity index (χ0v) is 17.3. The number of methoxy groups -OCH3 is 1. The number of nitrogens with zero attached hydrogens (tertiary/aromatic N) is 1. The number of carbonyl (C=O) groups is 1. The van der Waals surface area contributed by atoms with Gasteiger partial charge in [0.15, 0.2) is 0 Å². The molecule has 0 spiro atoms. The first-order chi connectivity index (χ1) is 12.8. The van der Waals surface area contributed by atoms with Gasteiger partial charge < -0.3 is 4.74 Å². The number of sulfonamides is 1. The molecule has 7 heteroatoms. The van der Waals surface area contributed by atoms with Gasteiger partial charge in [0.25, 0.3) is 0 Å². The van der Waals surface area contributed by atoms with Crippen LogP contribution in [0.3, 0.4) is 0 Å². The van der Waals surface area contributed by atoms with Crippen LogP contribution in [0.25, 0.3) is 0 Å². The summed E-state index contributed by atoms with van der Waals surface area (Å²) in [6.07, 6.45) is 1.40. The molecule has 0 aliphatic rings. The molecule has 0 amide bonds. The average Bonchev–Trinajstić information content (AvgIpc) is 2.68. The van der Waals surface area contributed by atoms with Crippen molar-refractivity contribution in [2.45, 2.75) is 44.2 Å². The van der Waals surface area contributed by atoms with Gasteiger partial charge in [-0.2, -0.15) is 4.31 Å². The number of rotatable bonds is 8. The minimum absolute atomic E-state index is 0.133. The third-order valence-electron chi connectivity index (χ3n) is 4.48. The maximum absolute atomic E-state index is 13.2. The summed E-state index contributed by atoms with van der Waals surface area (Å²) in [5.74, 6) is -0.424. The van der Waals surface area contributed by atoms with E-state index in [1.54, 1.807) is 36.4 Å². The molecule has 0 saturated heterocycles. The van der Waals surface area contributed by atoms with E-state index < -0.39 is 16.0 Å². The zero-order valence-electron chi connectivity index (χ0n) is 15.7. The maximum Gasteiger partial charge on any atom is 0.337 e. The van der Waals surface area contributed by atoms with E-state index in [4.69, 9.17) is 16.3 Å². The third-order valence-corrected chi connectivity index (χ3v) is 6.65. The molecule has 2 aromatic carbocycles. The number of carbonyl (C=O) groups excluding carboxylic acids is 1. The highest BCUT2D eigenvalue weighted by Crippen LogP contribution is 2.25. The van der Waals surface area contributed by atoms with Crippen LogP contribution in [0.15, 0.2) is 53.4 Å². The maximum atomic E-state index is 13.2. The summed E-state index contributed by atoms with van der Waals surface area (Å²) in [5.41, 5.74) is 1.22. The van der Waals surface area contributed by atoms with Crippen molar-refractivity contribution in [3.8, 4) is 0 Å². The van der Waals surface area contributed by atoms with Gasteiger partial charge in [0.2, 0.25) is 10.0 Å². The molecule has 0 aromatic heterocycles. The molecular formula is C20H24ClNO4S. The van der Waals surface area contributed by atoms with Gasteiger partial charge in [0, 0.05) is 17.6 Å². The highest BCUT2D eigenvalue weighted by atomic mass is 35.5. The molecule has 0 atom stereocenters. The first kappa shape index (κ1) is 21.4. The smallest absolute Gasteiger partial charge is 0.337 e. The van der Waals surface area contributed by atoms with Gasteiger partial charge in [-0.1, -0.05) is 37.6 Å². The van der Waals surface area contributed by atoms with Crippen LogP contribution in [0.5, 0.6) is 0 Å². The van der Waals surface area contributed by atoms with Crippen LogP contribution in [-0.4, -0.2) is 31.8 Å². The third kappa shape index (κ3) is 5.09. The van der Waals surface area contributed by atoms with Crippen molar-refractivity contribution in [2.75, 3.05) is 7.11 Å². The fourth-order valence-electron chi connectivity index (χ4n) is 2.89. The van der Waals surface area contributed by atoms with Crippen LogP contribution < -0.4 is 0 Å². The molecular weight excluding hydrogens is 386 g/mol. The topological polar surface area (TPSA) is 63.7 Å². The predicted molar refractivity (Wildman–Crippen MR) is 106 cm³/mol. The summed E-state index contributed by atoms with van der Waals surface area (Å²) >= 11 is 5.89. The number of esters is 1. The fourth-order valence-corrected chi connectivity index (χ4v) is 4.78. The van der Waals surface area contributed by atoms with Gasteiger partial charge >= 0.3 is 5.97 Å². The molecule has 0 radical (unpaired) electrons. The van der Waals surface area contributed by atoms with Crippen molar-refractivity contribution in [2.24, 2.45) is 0 Å². The van der Waals surface area contributed by atoms with Crippen molar-refractivity contribution < 1.29 is 17.9 Å². The van der Waals surface area contributed by atoms with Gasteiger partial charge in [-0.3, -0.25) is 0 Å². The number of ether oxygens (including phenoxy) is 1. The lowest BCUT2D eigenvalue weighted by Gasteiger charge is -2.30. The summed E-state index contributed by atoms with van der Waals surface area (Å²) in [5, 5.41) is 0.487. The Labute approximate surface area is 166 Å². The predicted octanol–water partition coefficient (Wildman–Crippen LogP) is 4.51. The summed E-state index contributed by atoms with van der Waals surface area (Å²) in [6.45, 7) is 4.16. The molecule has 146 valence electrons.